The van der Waals surface area contributed by atoms with Gasteiger partial charge in [0.15, 0.2) is 11.5 Å². The van der Waals surface area contributed by atoms with Gasteiger partial charge in [-0.1, -0.05) is 18.2 Å². The lowest BCUT2D eigenvalue weighted by Crippen LogP contribution is -2.26. The number of furan rings is 1. The first-order valence-electron chi connectivity index (χ1n) is 10.1. The molecule has 2 heterocycles. The molecule has 4 rings (SSSR count). The van der Waals surface area contributed by atoms with Crippen LogP contribution >= 0.6 is 0 Å². The molecule has 3 aromatic rings. The Hall–Kier alpha value is -3.41. The van der Waals surface area contributed by atoms with Crippen LogP contribution in [-0.4, -0.2) is 16.7 Å². The Labute approximate surface area is 175 Å². The summed E-state index contributed by atoms with van der Waals surface area (Å²) < 4.78 is 11.5. The van der Waals surface area contributed by atoms with E-state index in [0.717, 1.165) is 23.3 Å². The number of carbonyl (C=O) groups is 2. The topological polar surface area (TPSA) is 81.4 Å². The SMILES string of the molecule is Cc1c(C(=O)N[C@@H](C)c2ccc(OCc3cccnc3)cc2)oc2c1C(=O)CCC2. The molecule has 0 spiro atoms. The summed E-state index contributed by atoms with van der Waals surface area (Å²) in [6.07, 6.45) is 5.48. The van der Waals surface area contributed by atoms with Crippen LogP contribution in [0, 0.1) is 6.92 Å². The molecule has 1 aromatic carbocycles. The smallest absolute Gasteiger partial charge is 0.287 e. The fourth-order valence-corrected chi connectivity index (χ4v) is 3.71. The minimum atomic E-state index is -0.306. The van der Waals surface area contributed by atoms with Gasteiger partial charge in [0.1, 0.15) is 18.1 Å². The molecule has 1 N–H and O–H groups in total. The van der Waals surface area contributed by atoms with E-state index in [1.807, 2.05) is 43.3 Å². The molecule has 0 fully saturated rings. The molecule has 30 heavy (non-hydrogen) atoms. The summed E-state index contributed by atoms with van der Waals surface area (Å²) in [6.45, 7) is 4.13. The lowest BCUT2D eigenvalue weighted by atomic mass is 9.94. The highest BCUT2D eigenvalue weighted by Gasteiger charge is 2.29. The Morgan fingerprint density at radius 1 is 1.23 bits per heavy atom. The number of ether oxygens (including phenoxy) is 1. The fourth-order valence-electron chi connectivity index (χ4n) is 3.71. The van der Waals surface area contributed by atoms with Crippen molar-refractivity contribution in [3.05, 3.63) is 82.6 Å². The van der Waals surface area contributed by atoms with E-state index in [9.17, 15) is 9.59 Å². The largest absolute Gasteiger partial charge is 0.489 e. The van der Waals surface area contributed by atoms with Gasteiger partial charge in [-0.05, 0) is 44.0 Å². The van der Waals surface area contributed by atoms with Gasteiger partial charge >= 0.3 is 0 Å². The van der Waals surface area contributed by atoms with Crippen molar-refractivity contribution < 1.29 is 18.7 Å². The summed E-state index contributed by atoms with van der Waals surface area (Å²) in [5.41, 5.74) is 3.17. The number of Topliss-reactive ketones (excluding diaryl/α,β-unsaturated/α-hetero) is 1. The summed E-state index contributed by atoms with van der Waals surface area (Å²) >= 11 is 0. The maximum absolute atomic E-state index is 12.8. The summed E-state index contributed by atoms with van der Waals surface area (Å²) in [5.74, 6) is 1.37. The molecule has 1 atom stereocenters. The second kappa shape index (κ2) is 8.53. The van der Waals surface area contributed by atoms with Gasteiger partial charge in [0.05, 0.1) is 11.6 Å². The highest BCUT2D eigenvalue weighted by Crippen LogP contribution is 2.29. The first-order chi connectivity index (χ1) is 14.5. The van der Waals surface area contributed by atoms with Crippen LogP contribution in [0.15, 0.2) is 53.2 Å². The lowest BCUT2D eigenvalue weighted by molar-refractivity contribution is 0.0906. The van der Waals surface area contributed by atoms with Crippen molar-refractivity contribution in [1.29, 1.82) is 0 Å². The van der Waals surface area contributed by atoms with Crippen molar-refractivity contribution in [2.75, 3.05) is 0 Å². The molecule has 0 saturated carbocycles. The van der Waals surface area contributed by atoms with Crippen molar-refractivity contribution in [2.24, 2.45) is 0 Å². The molecule has 1 aliphatic carbocycles. The average Bonchev–Trinajstić information content (AvgIpc) is 3.11. The van der Waals surface area contributed by atoms with Gasteiger partial charge in [0.25, 0.3) is 5.91 Å². The van der Waals surface area contributed by atoms with Crippen molar-refractivity contribution in [2.45, 2.75) is 45.8 Å². The number of fused-ring (bicyclic) bond motifs is 1. The molecule has 0 unspecified atom stereocenters. The number of nitrogens with zero attached hydrogens (tertiary/aromatic N) is 1. The van der Waals surface area contributed by atoms with E-state index in [1.165, 1.54) is 0 Å². The molecule has 0 radical (unpaired) electrons. The van der Waals surface area contributed by atoms with Crippen LogP contribution in [0.2, 0.25) is 0 Å². The quantitative estimate of drug-likeness (QED) is 0.651. The van der Waals surface area contributed by atoms with E-state index in [2.05, 4.69) is 10.3 Å². The molecule has 0 aliphatic heterocycles. The number of benzene rings is 1. The number of hydrogen-bond acceptors (Lipinski definition) is 5. The van der Waals surface area contributed by atoms with Gasteiger partial charge in [0, 0.05) is 36.4 Å². The van der Waals surface area contributed by atoms with Gasteiger partial charge in [0.2, 0.25) is 0 Å². The predicted molar refractivity (Wildman–Crippen MR) is 112 cm³/mol. The Morgan fingerprint density at radius 2 is 2.03 bits per heavy atom. The number of ketones is 1. The molecule has 0 bridgehead atoms. The van der Waals surface area contributed by atoms with Crippen molar-refractivity contribution in [3.8, 4) is 5.75 Å². The van der Waals surface area contributed by atoms with Crippen LogP contribution in [0.25, 0.3) is 0 Å². The third-order valence-corrected chi connectivity index (χ3v) is 5.37. The molecular formula is C24H24N2O4. The van der Waals surface area contributed by atoms with E-state index in [4.69, 9.17) is 9.15 Å². The molecule has 2 aromatic heterocycles. The fraction of sp³-hybridized carbons (Fsp3) is 0.292. The number of nitrogens with one attached hydrogen (secondary N) is 1. The molecule has 6 nitrogen and oxygen atoms in total. The number of hydrogen-bond donors (Lipinski definition) is 1. The summed E-state index contributed by atoms with van der Waals surface area (Å²) in [7, 11) is 0. The first-order valence-corrected chi connectivity index (χ1v) is 10.1. The van der Waals surface area contributed by atoms with Gasteiger partial charge in [-0.15, -0.1) is 0 Å². The van der Waals surface area contributed by atoms with Crippen LogP contribution in [0.3, 0.4) is 0 Å². The summed E-state index contributed by atoms with van der Waals surface area (Å²) in [6, 6.07) is 11.2. The number of carbonyl (C=O) groups excluding carboxylic acids is 2. The molecule has 0 saturated heterocycles. The Kier molecular flexibility index (Phi) is 5.65. The van der Waals surface area contributed by atoms with Gasteiger partial charge in [-0.25, -0.2) is 0 Å². The normalized spacial score (nSPS) is 14.1. The standard InChI is InChI=1S/C24H24N2O4/c1-15-22-20(27)6-3-7-21(22)30-23(15)24(28)26-16(2)18-8-10-19(11-9-18)29-14-17-5-4-12-25-13-17/h4-5,8-13,16H,3,6-7,14H2,1-2H3,(H,26,28)/t16-/m0/s1. The molecule has 154 valence electrons. The van der Waals surface area contributed by atoms with Crippen LogP contribution in [0.1, 0.15) is 69.2 Å². The average molecular weight is 404 g/mol. The monoisotopic (exact) mass is 404 g/mol. The number of aryl methyl sites for hydroxylation is 1. The van der Waals surface area contributed by atoms with E-state index < -0.39 is 0 Å². The lowest BCUT2D eigenvalue weighted by Gasteiger charge is -2.14. The number of rotatable bonds is 6. The molecule has 1 aliphatic rings. The van der Waals surface area contributed by atoms with Gasteiger partial charge in [-0.2, -0.15) is 0 Å². The number of aromatic nitrogens is 1. The Balaban J connectivity index is 1.39. The zero-order valence-corrected chi connectivity index (χ0v) is 17.1. The number of pyridine rings is 1. The van der Waals surface area contributed by atoms with Crippen molar-refractivity contribution in [1.82, 2.24) is 10.3 Å². The highest BCUT2D eigenvalue weighted by molar-refractivity contribution is 6.03. The van der Waals surface area contributed by atoms with Crippen LogP contribution < -0.4 is 10.1 Å². The minimum absolute atomic E-state index is 0.0615. The van der Waals surface area contributed by atoms with E-state index in [-0.39, 0.29) is 23.5 Å². The minimum Gasteiger partial charge on any atom is -0.489 e. The van der Waals surface area contributed by atoms with Crippen LogP contribution in [0.5, 0.6) is 5.75 Å². The highest BCUT2D eigenvalue weighted by atomic mass is 16.5. The second-order valence-electron chi connectivity index (χ2n) is 7.55. The van der Waals surface area contributed by atoms with Crippen LogP contribution in [0.4, 0.5) is 0 Å². The molecular weight excluding hydrogens is 380 g/mol. The van der Waals surface area contributed by atoms with Crippen LogP contribution in [-0.2, 0) is 13.0 Å². The maximum atomic E-state index is 12.8. The van der Waals surface area contributed by atoms with Crippen molar-refractivity contribution >= 4 is 11.7 Å². The third kappa shape index (κ3) is 4.13. The number of amides is 1. The summed E-state index contributed by atoms with van der Waals surface area (Å²) in [5, 5.41) is 2.96. The Bertz CT molecular complexity index is 1050. The third-order valence-electron chi connectivity index (χ3n) is 5.37. The Morgan fingerprint density at radius 3 is 2.73 bits per heavy atom. The molecule has 1 amide bonds. The second-order valence-corrected chi connectivity index (χ2v) is 7.55. The van der Waals surface area contributed by atoms with E-state index in [0.29, 0.717) is 36.3 Å². The first kappa shape index (κ1) is 19.9. The van der Waals surface area contributed by atoms with Gasteiger partial charge in [-0.3, -0.25) is 14.6 Å². The van der Waals surface area contributed by atoms with Crippen molar-refractivity contribution in [3.63, 3.8) is 0 Å². The maximum Gasteiger partial charge on any atom is 0.287 e. The van der Waals surface area contributed by atoms with E-state index in [1.54, 1.807) is 19.3 Å². The zero-order valence-electron chi connectivity index (χ0n) is 17.1. The zero-order chi connectivity index (χ0) is 21.1. The molecule has 6 heteroatoms. The summed E-state index contributed by atoms with van der Waals surface area (Å²) in [4.78, 5) is 29.0. The predicted octanol–water partition coefficient (Wildman–Crippen LogP) is 4.57. The van der Waals surface area contributed by atoms with Gasteiger partial charge < -0.3 is 14.5 Å². The van der Waals surface area contributed by atoms with E-state index >= 15 is 0 Å².